The summed E-state index contributed by atoms with van der Waals surface area (Å²) in [6.07, 6.45) is 67.3. The molecule has 0 radical (unpaired) electrons. The molecule has 450 valence electrons. The van der Waals surface area contributed by atoms with Gasteiger partial charge in [-0.15, -0.1) is 0 Å². The van der Waals surface area contributed by atoms with E-state index < -0.39 is 24.3 Å². The summed E-state index contributed by atoms with van der Waals surface area (Å²) in [5, 5.41) is 11.8. The molecule has 76 heavy (non-hydrogen) atoms. The molecule has 0 aliphatic rings. The van der Waals surface area contributed by atoms with Gasteiger partial charge in [0.2, 0.25) is 0 Å². The first-order valence-electron chi connectivity index (χ1n) is 33.3. The summed E-state index contributed by atoms with van der Waals surface area (Å²) in [6, 6.07) is 0. The van der Waals surface area contributed by atoms with Gasteiger partial charge in [0.1, 0.15) is 13.2 Å². The third-order valence-corrected chi connectivity index (χ3v) is 15.3. The number of carboxylic acid groups (broad SMARTS) is 1. The molecule has 0 spiro atoms. The smallest absolute Gasteiger partial charge is 0.306 e. The van der Waals surface area contributed by atoms with E-state index in [1.807, 2.05) is 21.1 Å². The second-order valence-electron chi connectivity index (χ2n) is 24.1. The van der Waals surface area contributed by atoms with E-state index in [0.29, 0.717) is 23.9 Å². The lowest BCUT2D eigenvalue weighted by Gasteiger charge is -2.26. The Morgan fingerprint density at radius 2 is 0.671 bits per heavy atom. The first-order valence-corrected chi connectivity index (χ1v) is 33.3. The fourth-order valence-corrected chi connectivity index (χ4v) is 10.1. The maximum Gasteiger partial charge on any atom is 0.306 e. The highest BCUT2D eigenvalue weighted by atomic mass is 16.7. The number of likely N-dealkylation sites (N-methyl/N-ethyl adjacent to an activating group) is 1. The number of rotatable bonds is 63. The van der Waals surface area contributed by atoms with Gasteiger partial charge in [0.15, 0.2) is 12.4 Å². The van der Waals surface area contributed by atoms with Crippen LogP contribution in [0.2, 0.25) is 0 Å². The zero-order valence-corrected chi connectivity index (χ0v) is 51.4. The van der Waals surface area contributed by atoms with Crippen LogP contribution in [0.1, 0.15) is 341 Å². The minimum absolute atomic E-state index is 0.151. The Kier molecular flexibility index (Phi) is 57.6. The fraction of sp³-hybridized carbons (Fsp3) is 0.925. The summed E-state index contributed by atoms with van der Waals surface area (Å²) in [4.78, 5) is 37.4. The number of aliphatic carboxylic acids is 1. The lowest BCUT2D eigenvalue weighted by atomic mass is 10.0. The van der Waals surface area contributed by atoms with Crippen molar-refractivity contribution < 1.29 is 42.9 Å². The summed E-state index contributed by atoms with van der Waals surface area (Å²) >= 11 is 0. The van der Waals surface area contributed by atoms with Crippen LogP contribution in [0.3, 0.4) is 0 Å². The van der Waals surface area contributed by atoms with E-state index in [9.17, 15) is 19.5 Å². The van der Waals surface area contributed by atoms with Crippen molar-refractivity contribution in [2.75, 3.05) is 47.5 Å². The molecule has 0 aromatic rings. The molecule has 0 saturated carbocycles. The van der Waals surface area contributed by atoms with Crippen molar-refractivity contribution in [1.29, 1.82) is 0 Å². The Bertz CT molecular complexity index is 1250. The van der Waals surface area contributed by atoms with E-state index in [-0.39, 0.29) is 32.2 Å². The molecule has 2 atom stereocenters. The predicted molar refractivity (Wildman–Crippen MR) is 320 cm³/mol. The van der Waals surface area contributed by atoms with E-state index in [1.165, 1.54) is 263 Å². The number of hydrogen-bond acceptors (Lipinski definition) is 8. The Balaban J connectivity index is 4.01. The van der Waals surface area contributed by atoms with Crippen molar-refractivity contribution in [3.8, 4) is 0 Å². The zero-order valence-electron chi connectivity index (χ0n) is 51.4. The molecule has 0 aliphatic heterocycles. The van der Waals surface area contributed by atoms with Gasteiger partial charge in [-0.25, -0.2) is 0 Å². The second kappa shape index (κ2) is 59.2. The molecule has 0 amide bonds. The summed E-state index contributed by atoms with van der Waals surface area (Å²) in [6.45, 7) is 4.81. The van der Waals surface area contributed by atoms with Crippen molar-refractivity contribution in [1.82, 2.24) is 0 Å². The number of esters is 2. The first-order chi connectivity index (χ1) is 37.1. The van der Waals surface area contributed by atoms with E-state index in [4.69, 9.17) is 18.9 Å². The topological polar surface area (TPSA) is 111 Å². The van der Waals surface area contributed by atoms with Crippen LogP contribution < -0.4 is 5.11 Å². The maximum absolute atomic E-state index is 12.9. The van der Waals surface area contributed by atoms with Crippen LogP contribution in [0, 0.1) is 0 Å². The van der Waals surface area contributed by atoms with E-state index in [1.54, 1.807) is 0 Å². The standard InChI is InChI=1S/C67H129NO8/c1-6-8-10-12-14-16-18-20-22-24-26-27-28-29-30-31-32-33-34-35-36-37-38-39-40-42-43-45-47-49-51-53-55-57-64(69)74-61-63(62-75-67(66(71)72)73-60-59-68(3,4)5)76-65(70)58-56-54-52-50-48-46-44-41-25-23-21-19-17-15-13-11-9-7-2/h23,25,63,67H,6-22,24,26-62H2,1-5H3/b25-23-. The maximum atomic E-state index is 12.9. The molecule has 0 aliphatic carbocycles. The second-order valence-corrected chi connectivity index (χ2v) is 24.1. The number of allylic oxidation sites excluding steroid dienone is 2. The highest BCUT2D eigenvalue weighted by molar-refractivity contribution is 5.70. The third kappa shape index (κ3) is 59.7. The SMILES string of the molecule is CCCCCCCCC/C=C\CCCCCCCCCC(=O)OC(COC(=O)CCCCCCCCCCCCCCCCCCCCCCCCCCCCCCCCCCC)COC(OCC[N+](C)(C)C)C(=O)[O-]. The van der Waals surface area contributed by atoms with E-state index in [2.05, 4.69) is 26.0 Å². The van der Waals surface area contributed by atoms with E-state index >= 15 is 0 Å². The number of nitrogens with zero attached hydrogens (tertiary/aromatic N) is 1. The van der Waals surface area contributed by atoms with Gasteiger partial charge < -0.3 is 33.3 Å². The van der Waals surface area contributed by atoms with Crippen molar-refractivity contribution in [2.45, 2.75) is 354 Å². The van der Waals surface area contributed by atoms with Gasteiger partial charge in [-0.2, -0.15) is 0 Å². The zero-order chi connectivity index (χ0) is 55.5. The lowest BCUT2D eigenvalue weighted by Crippen LogP contribution is -2.44. The minimum atomic E-state index is -1.62. The first kappa shape index (κ1) is 74.0. The number of carbonyl (C=O) groups excluding carboxylic acids is 3. The average molecular weight is 1080 g/mol. The molecular weight excluding hydrogens is 947 g/mol. The van der Waals surface area contributed by atoms with Crippen molar-refractivity contribution in [3.05, 3.63) is 12.2 Å². The quantitative estimate of drug-likeness (QED) is 0.0195. The van der Waals surface area contributed by atoms with Crippen LogP contribution in [0.4, 0.5) is 0 Å². The van der Waals surface area contributed by atoms with Gasteiger partial charge >= 0.3 is 11.9 Å². The number of unbranched alkanes of at least 4 members (excludes halogenated alkanes) is 46. The minimum Gasteiger partial charge on any atom is -0.545 e. The Morgan fingerprint density at radius 3 is 0.974 bits per heavy atom. The van der Waals surface area contributed by atoms with Crippen LogP contribution in [-0.2, 0) is 33.3 Å². The van der Waals surface area contributed by atoms with Gasteiger partial charge in [0.05, 0.1) is 40.3 Å². The van der Waals surface area contributed by atoms with Crippen LogP contribution >= 0.6 is 0 Å². The summed E-state index contributed by atoms with van der Waals surface area (Å²) in [7, 11) is 5.94. The molecular formula is C67H129NO8. The Morgan fingerprint density at radius 1 is 0.382 bits per heavy atom. The van der Waals surface area contributed by atoms with Crippen LogP contribution in [0.5, 0.6) is 0 Å². The summed E-state index contributed by atoms with van der Waals surface area (Å²) in [5.41, 5.74) is 0. The monoisotopic (exact) mass is 1080 g/mol. The molecule has 0 N–H and O–H groups in total. The third-order valence-electron chi connectivity index (χ3n) is 15.3. The summed E-state index contributed by atoms with van der Waals surface area (Å²) in [5.74, 6) is -2.26. The highest BCUT2D eigenvalue weighted by Crippen LogP contribution is 2.19. The van der Waals surface area contributed by atoms with Gasteiger partial charge in [0, 0.05) is 12.8 Å². The molecule has 0 fully saturated rings. The van der Waals surface area contributed by atoms with E-state index in [0.717, 1.165) is 44.9 Å². The van der Waals surface area contributed by atoms with Crippen molar-refractivity contribution in [3.63, 3.8) is 0 Å². The number of hydrogen-bond donors (Lipinski definition) is 0. The fourth-order valence-electron chi connectivity index (χ4n) is 10.1. The molecule has 0 saturated heterocycles. The van der Waals surface area contributed by atoms with Crippen LogP contribution in [0.15, 0.2) is 12.2 Å². The van der Waals surface area contributed by atoms with Crippen LogP contribution in [-0.4, -0.2) is 82.3 Å². The lowest BCUT2D eigenvalue weighted by molar-refractivity contribution is -0.870. The molecule has 0 rings (SSSR count). The molecule has 0 aromatic heterocycles. The van der Waals surface area contributed by atoms with Crippen molar-refractivity contribution >= 4 is 17.9 Å². The average Bonchev–Trinajstić information content (AvgIpc) is 3.39. The molecule has 0 aromatic carbocycles. The predicted octanol–water partition coefficient (Wildman–Crippen LogP) is 18.7. The number of carbonyl (C=O) groups is 3. The normalized spacial score (nSPS) is 12.7. The largest absolute Gasteiger partial charge is 0.545 e. The number of quaternary nitrogens is 1. The molecule has 2 unspecified atom stereocenters. The van der Waals surface area contributed by atoms with Gasteiger partial charge in [-0.05, 0) is 38.5 Å². The number of carboxylic acids is 1. The summed E-state index contributed by atoms with van der Waals surface area (Å²) < 4.78 is 22.8. The highest BCUT2D eigenvalue weighted by Gasteiger charge is 2.22. The van der Waals surface area contributed by atoms with Gasteiger partial charge in [-0.3, -0.25) is 9.59 Å². The number of ether oxygens (including phenoxy) is 4. The molecule has 9 nitrogen and oxygen atoms in total. The van der Waals surface area contributed by atoms with Gasteiger partial charge in [-0.1, -0.05) is 302 Å². The van der Waals surface area contributed by atoms with Gasteiger partial charge in [0.25, 0.3) is 0 Å². The Hall–Kier alpha value is -1.97. The molecule has 9 heteroatoms. The molecule has 0 bridgehead atoms. The Labute approximate surface area is 472 Å². The molecule has 0 heterocycles. The van der Waals surface area contributed by atoms with Crippen LogP contribution in [0.25, 0.3) is 0 Å². The van der Waals surface area contributed by atoms with Crippen molar-refractivity contribution in [2.24, 2.45) is 0 Å².